The Morgan fingerprint density at radius 3 is 2.33 bits per heavy atom. The molecule has 3 heterocycles. The number of nitrogens with one attached hydrogen (secondary N) is 2. The molecule has 7 aromatic rings. The minimum absolute atomic E-state index is 0.454. The lowest BCUT2D eigenvalue weighted by Gasteiger charge is -2.24. The zero-order valence-electron chi connectivity index (χ0n) is 24.4. The van der Waals surface area contributed by atoms with Gasteiger partial charge in [-0.25, -0.2) is 9.98 Å². The fraction of sp³-hybridized carbons (Fsp3) is 0.0500. The molecule has 214 valence electrons. The van der Waals surface area contributed by atoms with E-state index in [0.29, 0.717) is 6.54 Å². The molecule has 0 saturated carbocycles. The third-order valence-electron chi connectivity index (χ3n) is 8.74. The second kappa shape index (κ2) is 10.4. The van der Waals surface area contributed by atoms with Crippen LogP contribution in [0.3, 0.4) is 0 Å². The zero-order chi connectivity index (χ0) is 29.7. The highest BCUT2D eigenvalue weighted by Crippen LogP contribution is 2.37. The van der Waals surface area contributed by atoms with Crippen LogP contribution >= 0.6 is 0 Å². The number of hydrogen-bond donors (Lipinski definition) is 2. The van der Waals surface area contributed by atoms with Crippen LogP contribution in [0.15, 0.2) is 148 Å². The van der Waals surface area contributed by atoms with Crippen molar-refractivity contribution in [1.29, 1.82) is 0 Å². The van der Waals surface area contributed by atoms with Crippen LogP contribution < -0.4 is 10.6 Å². The third-order valence-corrected chi connectivity index (χ3v) is 8.74. The van der Waals surface area contributed by atoms with Gasteiger partial charge in [-0.2, -0.15) is 0 Å². The number of benzene rings is 6. The number of rotatable bonds is 4. The van der Waals surface area contributed by atoms with Crippen molar-refractivity contribution in [2.75, 3.05) is 0 Å². The largest absolute Gasteiger partial charge is 0.459 e. The summed E-state index contributed by atoms with van der Waals surface area (Å²) in [4.78, 5) is 10.6. The van der Waals surface area contributed by atoms with E-state index in [2.05, 4.69) is 132 Å². The molecule has 0 amide bonds. The number of hydrogen-bond acceptors (Lipinski definition) is 5. The van der Waals surface area contributed by atoms with Gasteiger partial charge in [0.15, 0.2) is 6.17 Å². The molecule has 1 atom stereocenters. The van der Waals surface area contributed by atoms with Crippen molar-refractivity contribution < 1.29 is 4.42 Å². The van der Waals surface area contributed by atoms with E-state index in [1.807, 2.05) is 18.3 Å². The molecule has 45 heavy (non-hydrogen) atoms. The van der Waals surface area contributed by atoms with Crippen LogP contribution in [-0.4, -0.2) is 11.7 Å². The number of furan rings is 1. The highest BCUT2D eigenvalue weighted by Gasteiger charge is 2.25. The molecule has 9 rings (SSSR count). The second-order valence-corrected chi connectivity index (χ2v) is 11.5. The van der Waals surface area contributed by atoms with Crippen LogP contribution in [0.2, 0.25) is 0 Å². The van der Waals surface area contributed by atoms with Crippen molar-refractivity contribution in [2.24, 2.45) is 9.98 Å². The minimum atomic E-state index is -0.454. The van der Waals surface area contributed by atoms with Gasteiger partial charge in [-0.05, 0) is 74.8 Å². The van der Waals surface area contributed by atoms with Crippen molar-refractivity contribution >= 4 is 50.3 Å². The van der Waals surface area contributed by atoms with Crippen LogP contribution in [-0.2, 0) is 6.54 Å². The predicted molar refractivity (Wildman–Crippen MR) is 184 cm³/mol. The third kappa shape index (κ3) is 4.40. The number of aliphatic imine (C=N–C) groups is 2. The van der Waals surface area contributed by atoms with E-state index in [1.54, 1.807) is 0 Å². The van der Waals surface area contributed by atoms with Crippen molar-refractivity contribution in [3.63, 3.8) is 0 Å². The van der Waals surface area contributed by atoms with E-state index >= 15 is 0 Å². The van der Waals surface area contributed by atoms with Crippen molar-refractivity contribution in [3.05, 3.63) is 162 Å². The van der Waals surface area contributed by atoms with Crippen LogP contribution in [0.1, 0.15) is 34.2 Å². The normalized spacial score (nSPS) is 15.8. The molecule has 0 saturated heterocycles. The Labute approximate surface area is 260 Å². The lowest BCUT2D eigenvalue weighted by Crippen LogP contribution is -2.36. The summed E-state index contributed by atoms with van der Waals surface area (Å²) in [5.41, 5.74) is 7.32. The predicted octanol–water partition coefficient (Wildman–Crippen LogP) is 8.98. The first kappa shape index (κ1) is 25.5. The van der Waals surface area contributed by atoms with Gasteiger partial charge in [-0.15, -0.1) is 0 Å². The molecule has 0 fully saturated rings. The molecule has 1 aromatic heterocycles. The second-order valence-electron chi connectivity index (χ2n) is 11.5. The van der Waals surface area contributed by atoms with Gasteiger partial charge in [-0.1, -0.05) is 103 Å². The van der Waals surface area contributed by atoms with Crippen LogP contribution in [0, 0.1) is 0 Å². The maximum Gasteiger partial charge on any atom is 0.169 e. The quantitative estimate of drug-likeness (QED) is 0.218. The first-order valence-corrected chi connectivity index (χ1v) is 15.2. The summed E-state index contributed by atoms with van der Waals surface area (Å²) >= 11 is 0. The Morgan fingerprint density at radius 2 is 1.42 bits per heavy atom. The fourth-order valence-electron chi connectivity index (χ4n) is 6.58. The van der Waals surface area contributed by atoms with E-state index in [0.717, 1.165) is 56.0 Å². The number of fused-ring (bicyclic) bond motifs is 5. The highest BCUT2D eigenvalue weighted by atomic mass is 16.3. The zero-order valence-corrected chi connectivity index (χ0v) is 24.4. The summed E-state index contributed by atoms with van der Waals surface area (Å²) in [7, 11) is 0. The molecule has 1 unspecified atom stereocenters. The molecular formula is C40H28N4O. The molecule has 5 nitrogen and oxygen atoms in total. The molecule has 0 bridgehead atoms. The van der Waals surface area contributed by atoms with Gasteiger partial charge in [0.1, 0.15) is 23.0 Å². The van der Waals surface area contributed by atoms with E-state index in [4.69, 9.17) is 14.4 Å². The van der Waals surface area contributed by atoms with E-state index in [1.165, 1.54) is 27.3 Å². The van der Waals surface area contributed by atoms with Crippen LogP contribution in [0.5, 0.6) is 0 Å². The molecule has 2 aliphatic heterocycles. The molecule has 2 N–H and O–H groups in total. The summed E-state index contributed by atoms with van der Waals surface area (Å²) in [6.45, 7) is 0.658. The van der Waals surface area contributed by atoms with Gasteiger partial charge in [0.25, 0.3) is 0 Å². The molecule has 2 aliphatic rings. The molecule has 0 spiro atoms. The van der Waals surface area contributed by atoms with Gasteiger partial charge >= 0.3 is 0 Å². The highest BCUT2D eigenvalue weighted by molar-refractivity contribution is 6.21. The first-order chi connectivity index (χ1) is 22.3. The number of nitrogens with zero attached hydrogens (tertiary/aromatic N) is 2. The Balaban J connectivity index is 1.26. The Hall–Kier alpha value is -5.94. The first-order valence-electron chi connectivity index (χ1n) is 15.2. The van der Waals surface area contributed by atoms with Gasteiger partial charge in [0.2, 0.25) is 0 Å². The SMILES string of the molecule is C1=Cc2c(oc3cccc(C4=NC(c5cc(-c6ccccc6)c6ccccc6c5)N=C(c5ccc6ccccc6c5)N4)c23)CN1. The van der Waals surface area contributed by atoms with Crippen molar-refractivity contribution in [1.82, 2.24) is 10.6 Å². The summed E-state index contributed by atoms with van der Waals surface area (Å²) in [5.74, 6) is 2.49. The summed E-state index contributed by atoms with van der Waals surface area (Å²) in [6.07, 6.45) is 3.61. The van der Waals surface area contributed by atoms with Gasteiger partial charge in [-0.3, -0.25) is 0 Å². The van der Waals surface area contributed by atoms with E-state index in [-0.39, 0.29) is 0 Å². The van der Waals surface area contributed by atoms with Gasteiger partial charge in [0.05, 0.1) is 6.54 Å². The van der Waals surface area contributed by atoms with Gasteiger partial charge in [0, 0.05) is 22.1 Å². The molecular weight excluding hydrogens is 552 g/mol. The number of amidine groups is 2. The van der Waals surface area contributed by atoms with Crippen molar-refractivity contribution in [2.45, 2.75) is 12.7 Å². The topological polar surface area (TPSA) is 61.9 Å². The van der Waals surface area contributed by atoms with Gasteiger partial charge < -0.3 is 15.1 Å². The smallest absolute Gasteiger partial charge is 0.169 e. The Morgan fingerprint density at radius 1 is 0.622 bits per heavy atom. The molecule has 6 aromatic carbocycles. The monoisotopic (exact) mass is 580 g/mol. The standard InChI is InChI=1S/C40H28N4O/c1-2-10-26(11-3-1)34-23-30(22-28-13-6-7-14-31(28)34)39-42-38(29-18-17-25-9-4-5-12-27(25)21-29)43-40(44-39)33-15-8-16-35-37(33)32-19-20-41-24-36(32)45-35/h1-23,39,41H,24H2,(H,42,43,44). The lowest BCUT2D eigenvalue weighted by molar-refractivity contribution is 0.532. The lowest BCUT2D eigenvalue weighted by atomic mass is 9.94. The summed E-state index contributed by atoms with van der Waals surface area (Å²) in [6, 6.07) is 44.7. The maximum atomic E-state index is 6.28. The Bertz CT molecular complexity index is 2360. The molecule has 0 radical (unpaired) electrons. The summed E-state index contributed by atoms with van der Waals surface area (Å²) < 4.78 is 6.28. The fourth-order valence-corrected chi connectivity index (χ4v) is 6.58. The van der Waals surface area contributed by atoms with Crippen LogP contribution in [0.25, 0.3) is 49.7 Å². The molecule has 0 aliphatic carbocycles. The Kier molecular flexibility index (Phi) is 5.88. The van der Waals surface area contributed by atoms with E-state index < -0.39 is 6.17 Å². The van der Waals surface area contributed by atoms with Crippen molar-refractivity contribution in [3.8, 4) is 11.1 Å². The van der Waals surface area contributed by atoms with E-state index in [9.17, 15) is 0 Å². The van der Waals surface area contributed by atoms with Crippen LogP contribution in [0.4, 0.5) is 0 Å². The average Bonchev–Trinajstić information content (AvgIpc) is 3.50. The molecule has 5 heteroatoms. The summed E-state index contributed by atoms with van der Waals surface area (Å²) in [5, 5.41) is 12.7. The minimum Gasteiger partial charge on any atom is -0.459 e. The maximum absolute atomic E-state index is 6.28. The average molecular weight is 581 g/mol.